The maximum absolute atomic E-state index is 10.9. The predicted octanol–water partition coefficient (Wildman–Crippen LogP) is 3.55. The number of allylic oxidation sites excluding steroid dienone is 8. The number of rotatable bonds is 14. The number of esters is 1. The summed E-state index contributed by atoms with van der Waals surface area (Å²) in [5.74, 6) is -0.243. The summed E-state index contributed by atoms with van der Waals surface area (Å²) in [5, 5.41) is 29.3. The van der Waals surface area contributed by atoms with Gasteiger partial charge in [0, 0.05) is 6.42 Å². The van der Waals surface area contributed by atoms with Crippen LogP contribution in [0.2, 0.25) is 0 Å². The first kappa shape index (κ1) is 25.8. The van der Waals surface area contributed by atoms with Gasteiger partial charge in [0.2, 0.25) is 0 Å². The van der Waals surface area contributed by atoms with Crippen molar-refractivity contribution >= 4 is 5.97 Å². The fraction of sp³-hybridized carbons (Fsp3) is 0.435. The molecule has 3 atom stereocenters. The van der Waals surface area contributed by atoms with Crippen molar-refractivity contribution in [1.29, 1.82) is 0 Å². The predicted molar refractivity (Wildman–Crippen MR) is 114 cm³/mol. The second-order valence-electron chi connectivity index (χ2n) is 6.10. The molecule has 0 heterocycles. The first-order chi connectivity index (χ1) is 13.5. The number of methoxy groups -OCH3 is 1. The van der Waals surface area contributed by atoms with Crippen LogP contribution in [-0.4, -0.2) is 46.7 Å². The van der Waals surface area contributed by atoms with Crippen molar-refractivity contribution in [3.05, 3.63) is 72.9 Å². The van der Waals surface area contributed by atoms with Crippen molar-refractivity contribution in [3.8, 4) is 0 Å². The van der Waals surface area contributed by atoms with Crippen molar-refractivity contribution in [2.24, 2.45) is 0 Å². The average Bonchev–Trinajstić information content (AvgIpc) is 2.69. The Morgan fingerprint density at radius 3 is 2.11 bits per heavy atom. The fourth-order valence-corrected chi connectivity index (χ4v) is 2.03. The van der Waals surface area contributed by atoms with Crippen LogP contribution >= 0.6 is 0 Å². The molecule has 0 aliphatic rings. The number of carbonyl (C=O) groups is 1. The van der Waals surface area contributed by atoms with Crippen molar-refractivity contribution < 1.29 is 24.9 Å². The summed E-state index contributed by atoms with van der Waals surface area (Å²) in [6.07, 6.45) is 21.8. The Morgan fingerprint density at radius 2 is 1.46 bits per heavy atom. The van der Waals surface area contributed by atoms with E-state index in [0.717, 1.165) is 6.42 Å². The topological polar surface area (TPSA) is 87.0 Å². The minimum atomic E-state index is -0.897. The molecular formula is C23H34O5. The van der Waals surface area contributed by atoms with Gasteiger partial charge in [-0.2, -0.15) is 0 Å². The van der Waals surface area contributed by atoms with Gasteiger partial charge in [-0.15, -0.1) is 0 Å². The Labute approximate surface area is 168 Å². The maximum atomic E-state index is 10.9. The smallest absolute Gasteiger partial charge is 0.305 e. The van der Waals surface area contributed by atoms with Crippen LogP contribution in [0.3, 0.4) is 0 Å². The lowest BCUT2D eigenvalue weighted by molar-refractivity contribution is -0.140. The third-order valence-corrected chi connectivity index (χ3v) is 3.66. The molecule has 0 spiro atoms. The lowest BCUT2D eigenvalue weighted by Crippen LogP contribution is -2.22. The molecule has 156 valence electrons. The zero-order chi connectivity index (χ0) is 21.0. The van der Waals surface area contributed by atoms with Crippen LogP contribution in [0.25, 0.3) is 0 Å². The molecule has 0 radical (unpaired) electrons. The zero-order valence-electron chi connectivity index (χ0n) is 16.9. The molecule has 0 aromatic rings. The number of hydrogen-bond donors (Lipinski definition) is 3. The maximum Gasteiger partial charge on any atom is 0.305 e. The first-order valence-corrected chi connectivity index (χ1v) is 9.60. The van der Waals surface area contributed by atoms with Crippen LogP contribution < -0.4 is 0 Å². The van der Waals surface area contributed by atoms with Crippen LogP contribution in [0, 0.1) is 0 Å². The van der Waals surface area contributed by atoms with E-state index in [4.69, 9.17) is 0 Å². The molecular weight excluding hydrogens is 356 g/mol. The van der Waals surface area contributed by atoms with Crippen LogP contribution in [0.15, 0.2) is 72.9 Å². The third-order valence-electron chi connectivity index (χ3n) is 3.66. The van der Waals surface area contributed by atoms with E-state index in [0.29, 0.717) is 25.7 Å². The van der Waals surface area contributed by atoms with Gasteiger partial charge in [-0.25, -0.2) is 0 Å². The molecule has 0 aromatic carbocycles. The molecule has 0 fully saturated rings. The number of aliphatic hydroxyl groups excluding tert-OH is 3. The molecule has 0 aliphatic carbocycles. The van der Waals surface area contributed by atoms with Gasteiger partial charge in [-0.05, 0) is 25.7 Å². The first-order valence-electron chi connectivity index (χ1n) is 9.60. The van der Waals surface area contributed by atoms with E-state index in [1.807, 2.05) is 31.2 Å². The average molecular weight is 391 g/mol. The standard InChI is InChI=1S/C23H34O5/c1-3-4-10-17-21(25)22(26)18-13-8-6-5-7-11-15-20(24)16-12-9-14-19-23(27)28-2/h4-13,15,18,20-22,24-26H,3,14,16-17,19H2,1-2H3/b7-5-,8-6+,10-4-,12-9-,15-11+,18-13+/t20-,21+,22-/m1/s1. The summed E-state index contributed by atoms with van der Waals surface area (Å²) in [7, 11) is 1.36. The Morgan fingerprint density at radius 1 is 0.857 bits per heavy atom. The zero-order valence-corrected chi connectivity index (χ0v) is 16.9. The lowest BCUT2D eigenvalue weighted by Gasteiger charge is -2.11. The molecule has 5 nitrogen and oxygen atoms in total. The molecule has 0 rings (SSSR count). The molecule has 28 heavy (non-hydrogen) atoms. The third kappa shape index (κ3) is 16.0. The van der Waals surface area contributed by atoms with E-state index in [-0.39, 0.29) is 5.97 Å². The summed E-state index contributed by atoms with van der Waals surface area (Å²) in [4.78, 5) is 10.9. The van der Waals surface area contributed by atoms with E-state index in [1.54, 1.807) is 48.6 Å². The minimum absolute atomic E-state index is 0.243. The summed E-state index contributed by atoms with van der Waals surface area (Å²) >= 11 is 0. The molecule has 0 amide bonds. The molecule has 0 unspecified atom stereocenters. The highest BCUT2D eigenvalue weighted by atomic mass is 16.5. The Balaban J connectivity index is 4.03. The Kier molecular flexibility index (Phi) is 16.7. The van der Waals surface area contributed by atoms with Crippen LogP contribution in [0.5, 0.6) is 0 Å². The largest absolute Gasteiger partial charge is 0.469 e. The lowest BCUT2D eigenvalue weighted by atomic mass is 10.1. The summed E-state index contributed by atoms with van der Waals surface area (Å²) in [6.45, 7) is 2.01. The second kappa shape index (κ2) is 18.2. The molecule has 0 saturated heterocycles. The van der Waals surface area contributed by atoms with Crippen molar-refractivity contribution in [2.75, 3.05) is 7.11 Å². The van der Waals surface area contributed by atoms with E-state index in [9.17, 15) is 20.1 Å². The highest BCUT2D eigenvalue weighted by molar-refractivity contribution is 5.69. The van der Waals surface area contributed by atoms with E-state index in [2.05, 4.69) is 4.74 Å². The summed E-state index contributed by atoms with van der Waals surface area (Å²) in [5.41, 5.74) is 0. The number of ether oxygens (including phenoxy) is 1. The summed E-state index contributed by atoms with van der Waals surface area (Å²) in [6, 6.07) is 0. The van der Waals surface area contributed by atoms with Gasteiger partial charge in [0.15, 0.2) is 0 Å². The highest BCUT2D eigenvalue weighted by Crippen LogP contribution is 2.03. The number of aliphatic hydroxyl groups is 3. The number of carbonyl (C=O) groups excluding carboxylic acids is 1. The van der Waals surface area contributed by atoms with Crippen molar-refractivity contribution in [2.45, 2.75) is 57.3 Å². The molecule has 5 heteroatoms. The van der Waals surface area contributed by atoms with Crippen LogP contribution in [0.4, 0.5) is 0 Å². The monoisotopic (exact) mass is 390 g/mol. The molecule has 3 N–H and O–H groups in total. The van der Waals surface area contributed by atoms with Gasteiger partial charge >= 0.3 is 5.97 Å². The molecule has 0 saturated carbocycles. The van der Waals surface area contributed by atoms with Crippen LogP contribution in [-0.2, 0) is 9.53 Å². The van der Waals surface area contributed by atoms with Gasteiger partial charge in [0.1, 0.15) is 0 Å². The van der Waals surface area contributed by atoms with Crippen LogP contribution in [0.1, 0.15) is 39.0 Å². The van der Waals surface area contributed by atoms with E-state index >= 15 is 0 Å². The van der Waals surface area contributed by atoms with Crippen molar-refractivity contribution in [1.82, 2.24) is 0 Å². The van der Waals surface area contributed by atoms with Gasteiger partial charge in [0.25, 0.3) is 0 Å². The van der Waals surface area contributed by atoms with Gasteiger partial charge in [-0.1, -0.05) is 79.8 Å². The number of hydrogen-bond acceptors (Lipinski definition) is 5. The second-order valence-corrected chi connectivity index (χ2v) is 6.10. The van der Waals surface area contributed by atoms with Gasteiger partial charge in [-0.3, -0.25) is 4.79 Å². The quantitative estimate of drug-likeness (QED) is 0.240. The molecule has 0 bridgehead atoms. The van der Waals surface area contributed by atoms with Gasteiger partial charge in [0.05, 0.1) is 25.4 Å². The Bertz CT molecular complexity index is 570. The van der Waals surface area contributed by atoms with Gasteiger partial charge < -0.3 is 20.1 Å². The highest BCUT2D eigenvalue weighted by Gasteiger charge is 2.10. The van der Waals surface area contributed by atoms with E-state index in [1.165, 1.54) is 7.11 Å². The Hall–Kier alpha value is -2.21. The summed E-state index contributed by atoms with van der Waals surface area (Å²) < 4.78 is 4.54. The fourth-order valence-electron chi connectivity index (χ4n) is 2.03. The van der Waals surface area contributed by atoms with E-state index < -0.39 is 18.3 Å². The minimum Gasteiger partial charge on any atom is -0.469 e. The molecule has 0 aromatic heterocycles. The molecule has 0 aliphatic heterocycles. The van der Waals surface area contributed by atoms with Crippen molar-refractivity contribution in [3.63, 3.8) is 0 Å². The normalized spacial score (nSPS) is 16.3. The SMILES string of the molecule is CC/C=C\C[C@H](O)[C@H](O)/C=C/C=C/C=C\C=C\[C@@H](O)C/C=C\CCC(=O)OC.